The highest BCUT2D eigenvalue weighted by atomic mass is 16.5. The van der Waals surface area contributed by atoms with Crippen molar-refractivity contribution in [1.82, 2.24) is 15.1 Å². The third kappa shape index (κ3) is 7.79. The molecule has 0 bridgehead atoms. The number of hydrogen-bond acceptors (Lipinski definition) is 4. The first kappa shape index (κ1) is 18.4. The van der Waals surface area contributed by atoms with Crippen LogP contribution in [0.2, 0.25) is 0 Å². The number of hydrogen-bond donors (Lipinski definition) is 1. The molecule has 1 saturated heterocycles. The first-order valence-electron chi connectivity index (χ1n) is 8.46. The Morgan fingerprint density at radius 3 is 2.43 bits per heavy atom. The standard InChI is InChI=1S/C16H33N3O2/c1-4-6-9-19(10-7-5-2)16(20)14-18(3)13-15-12-17-8-11-21-15/h15,17H,4-14H2,1-3H3. The molecule has 1 N–H and O–H groups in total. The Hall–Kier alpha value is -0.650. The first-order chi connectivity index (χ1) is 10.2. The van der Waals surface area contributed by atoms with Crippen LogP contribution in [-0.4, -0.2) is 74.7 Å². The Balaban J connectivity index is 2.34. The fourth-order valence-corrected chi connectivity index (χ4v) is 2.54. The Kier molecular flexibility index (Phi) is 9.63. The molecule has 1 rings (SSSR count). The second-order valence-electron chi connectivity index (χ2n) is 5.98. The summed E-state index contributed by atoms with van der Waals surface area (Å²) >= 11 is 0. The molecule has 5 heteroatoms. The molecule has 1 heterocycles. The van der Waals surface area contributed by atoms with Gasteiger partial charge in [-0.2, -0.15) is 0 Å². The largest absolute Gasteiger partial charge is 0.374 e. The van der Waals surface area contributed by atoms with Crippen molar-refractivity contribution in [1.29, 1.82) is 0 Å². The highest BCUT2D eigenvalue weighted by molar-refractivity contribution is 5.78. The number of nitrogens with one attached hydrogen (secondary N) is 1. The van der Waals surface area contributed by atoms with Crippen LogP contribution in [0.1, 0.15) is 39.5 Å². The van der Waals surface area contributed by atoms with Gasteiger partial charge in [0.1, 0.15) is 0 Å². The molecule has 1 unspecified atom stereocenters. The van der Waals surface area contributed by atoms with E-state index in [9.17, 15) is 4.79 Å². The van der Waals surface area contributed by atoms with E-state index in [4.69, 9.17) is 4.74 Å². The normalized spacial score (nSPS) is 19.0. The van der Waals surface area contributed by atoms with Crippen molar-refractivity contribution in [3.63, 3.8) is 0 Å². The highest BCUT2D eigenvalue weighted by Crippen LogP contribution is 2.03. The minimum Gasteiger partial charge on any atom is -0.374 e. The number of nitrogens with zero attached hydrogens (tertiary/aromatic N) is 2. The van der Waals surface area contributed by atoms with Gasteiger partial charge >= 0.3 is 0 Å². The van der Waals surface area contributed by atoms with E-state index in [1.807, 2.05) is 11.9 Å². The van der Waals surface area contributed by atoms with E-state index in [1.165, 1.54) is 0 Å². The van der Waals surface area contributed by atoms with Gasteiger partial charge in [-0.15, -0.1) is 0 Å². The van der Waals surface area contributed by atoms with E-state index in [-0.39, 0.29) is 12.0 Å². The molecular formula is C16H33N3O2. The summed E-state index contributed by atoms with van der Waals surface area (Å²) < 4.78 is 5.69. The van der Waals surface area contributed by atoms with Crippen molar-refractivity contribution in [3.05, 3.63) is 0 Å². The maximum Gasteiger partial charge on any atom is 0.236 e. The summed E-state index contributed by atoms with van der Waals surface area (Å²) in [4.78, 5) is 16.6. The molecule has 0 aromatic heterocycles. The van der Waals surface area contributed by atoms with Gasteiger partial charge in [-0.05, 0) is 19.9 Å². The number of likely N-dealkylation sites (N-methyl/N-ethyl adjacent to an activating group) is 1. The minimum absolute atomic E-state index is 0.205. The van der Waals surface area contributed by atoms with Gasteiger partial charge in [-0.1, -0.05) is 26.7 Å². The first-order valence-corrected chi connectivity index (χ1v) is 8.46. The number of rotatable bonds is 10. The SMILES string of the molecule is CCCCN(CCCC)C(=O)CN(C)CC1CNCCO1. The van der Waals surface area contributed by atoms with Gasteiger partial charge in [0, 0.05) is 32.7 Å². The van der Waals surface area contributed by atoms with Crippen LogP contribution in [0.3, 0.4) is 0 Å². The third-order valence-electron chi connectivity index (χ3n) is 3.84. The van der Waals surface area contributed by atoms with Crippen molar-refractivity contribution >= 4 is 5.91 Å². The topological polar surface area (TPSA) is 44.8 Å². The fraction of sp³-hybridized carbons (Fsp3) is 0.938. The number of amides is 1. The van der Waals surface area contributed by atoms with E-state index < -0.39 is 0 Å². The van der Waals surface area contributed by atoms with Crippen molar-refractivity contribution in [2.45, 2.75) is 45.6 Å². The fourth-order valence-electron chi connectivity index (χ4n) is 2.54. The maximum absolute atomic E-state index is 12.4. The molecule has 1 atom stereocenters. The second kappa shape index (κ2) is 11.0. The van der Waals surface area contributed by atoms with Crippen LogP contribution in [0.5, 0.6) is 0 Å². The molecule has 1 fully saturated rings. The van der Waals surface area contributed by atoms with Crippen molar-refractivity contribution in [3.8, 4) is 0 Å². The van der Waals surface area contributed by atoms with E-state index in [2.05, 4.69) is 24.1 Å². The highest BCUT2D eigenvalue weighted by Gasteiger charge is 2.19. The Bertz CT molecular complexity index is 273. The number of carbonyl (C=O) groups excluding carboxylic acids is 1. The van der Waals surface area contributed by atoms with Crippen LogP contribution >= 0.6 is 0 Å². The predicted molar refractivity (Wildman–Crippen MR) is 86.5 cm³/mol. The summed E-state index contributed by atoms with van der Waals surface area (Å²) in [6.07, 6.45) is 4.65. The second-order valence-corrected chi connectivity index (χ2v) is 5.98. The lowest BCUT2D eigenvalue weighted by Gasteiger charge is -2.29. The van der Waals surface area contributed by atoms with E-state index in [0.717, 1.165) is 65.0 Å². The quantitative estimate of drug-likeness (QED) is 0.661. The zero-order valence-corrected chi connectivity index (χ0v) is 14.1. The smallest absolute Gasteiger partial charge is 0.236 e. The molecule has 1 amide bonds. The molecule has 1 aliphatic heterocycles. The van der Waals surface area contributed by atoms with Crippen molar-refractivity contribution < 1.29 is 9.53 Å². The maximum atomic E-state index is 12.4. The van der Waals surface area contributed by atoms with Gasteiger partial charge in [-0.25, -0.2) is 0 Å². The van der Waals surface area contributed by atoms with Crippen LogP contribution in [0.25, 0.3) is 0 Å². The molecule has 124 valence electrons. The van der Waals surface area contributed by atoms with Gasteiger partial charge in [0.05, 0.1) is 19.3 Å². The lowest BCUT2D eigenvalue weighted by molar-refractivity contribution is -0.132. The Labute approximate surface area is 130 Å². The third-order valence-corrected chi connectivity index (χ3v) is 3.84. The monoisotopic (exact) mass is 299 g/mol. The zero-order valence-electron chi connectivity index (χ0n) is 14.1. The molecule has 5 nitrogen and oxygen atoms in total. The van der Waals surface area contributed by atoms with Crippen LogP contribution < -0.4 is 5.32 Å². The van der Waals surface area contributed by atoms with Gasteiger partial charge in [-0.3, -0.25) is 9.69 Å². The Morgan fingerprint density at radius 1 is 1.24 bits per heavy atom. The number of ether oxygens (including phenoxy) is 1. The van der Waals surface area contributed by atoms with Gasteiger partial charge in [0.2, 0.25) is 5.91 Å². The Morgan fingerprint density at radius 2 is 1.90 bits per heavy atom. The molecular weight excluding hydrogens is 266 g/mol. The summed E-state index contributed by atoms with van der Waals surface area (Å²) in [5.74, 6) is 0.253. The summed E-state index contributed by atoms with van der Waals surface area (Å²) in [7, 11) is 2.01. The van der Waals surface area contributed by atoms with Crippen molar-refractivity contribution in [2.75, 3.05) is 52.9 Å². The summed E-state index contributed by atoms with van der Waals surface area (Å²) in [6, 6.07) is 0. The van der Waals surface area contributed by atoms with Crippen LogP contribution in [0.4, 0.5) is 0 Å². The van der Waals surface area contributed by atoms with Crippen LogP contribution in [0.15, 0.2) is 0 Å². The predicted octanol–water partition coefficient (Wildman–Crippen LogP) is 1.34. The van der Waals surface area contributed by atoms with Crippen molar-refractivity contribution in [2.24, 2.45) is 0 Å². The molecule has 0 aromatic rings. The molecule has 21 heavy (non-hydrogen) atoms. The number of carbonyl (C=O) groups is 1. The molecule has 0 aliphatic carbocycles. The average Bonchev–Trinajstić information content (AvgIpc) is 2.48. The molecule has 0 radical (unpaired) electrons. The van der Waals surface area contributed by atoms with Gasteiger partial charge < -0.3 is 15.0 Å². The van der Waals surface area contributed by atoms with E-state index in [1.54, 1.807) is 0 Å². The van der Waals surface area contributed by atoms with Crippen LogP contribution in [-0.2, 0) is 9.53 Å². The van der Waals surface area contributed by atoms with E-state index >= 15 is 0 Å². The lowest BCUT2D eigenvalue weighted by Crippen LogP contribution is -2.47. The number of unbranched alkanes of at least 4 members (excludes halogenated alkanes) is 2. The van der Waals surface area contributed by atoms with Gasteiger partial charge in [0.15, 0.2) is 0 Å². The van der Waals surface area contributed by atoms with Crippen LogP contribution in [0, 0.1) is 0 Å². The summed E-state index contributed by atoms with van der Waals surface area (Å²) in [5.41, 5.74) is 0. The summed E-state index contributed by atoms with van der Waals surface area (Å²) in [6.45, 7) is 10.0. The van der Waals surface area contributed by atoms with Gasteiger partial charge in [0.25, 0.3) is 0 Å². The summed E-state index contributed by atoms with van der Waals surface area (Å²) in [5, 5.41) is 3.33. The zero-order chi connectivity index (χ0) is 15.5. The molecule has 0 saturated carbocycles. The van der Waals surface area contributed by atoms with E-state index in [0.29, 0.717) is 6.54 Å². The lowest BCUT2D eigenvalue weighted by atomic mass is 10.2. The molecule has 0 spiro atoms. The average molecular weight is 299 g/mol. The minimum atomic E-state index is 0.205. The molecule has 0 aromatic carbocycles. The number of morpholine rings is 1. The molecule has 1 aliphatic rings.